The highest BCUT2D eigenvalue weighted by Gasteiger charge is 2.17. The molecule has 1 heterocycles. The first-order chi connectivity index (χ1) is 10.4. The molecule has 1 aromatic carbocycles. The van der Waals surface area contributed by atoms with Gasteiger partial charge < -0.3 is 16.2 Å². The van der Waals surface area contributed by atoms with Gasteiger partial charge in [-0.1, -0.05) is 6.92 Å². The van der Waals surface area contributed by atoms with E-state index in [1.54, 1.807) is 6.92 Å². The number of aromatic nitrogens is 2. The first kappa shape index (κ1) is 15.8. The van der Waals surface area contributed by atoms with Crippen LogP contribution in [0.25, 0.3) is 11.3 Å². The summed E-state index contributed by atoms with van der Waals surface area (Å²) in [5, 5.41) is 0. The zero-order chi connectivity index (χ0) is 16.3. The van der Waals surface area contributed by atoms with Gasteiger partial charge in [-0.3, -0.25) is 4.79 Å². The topological polar surface area (TPSA) is 104 Å². The molecule has 116 valence electrons. The molecule has 2 aromatic rings. The Morgan fingerprint density at radius 3 is 2.45 bits per heavy atom. The number of nitrogens with two attached hydrogens (primary N) is 2. The maximum Gasteiger partial charge on any atom is 0.252 e. The molecule has 4 N–H and O–H groups in total. The van der Waals surface area contributed by atoms with E-state index >= 15 is 0 Å². The van der Waals surface area contributed by atoms with E-state index in [1.807, 2.05) is 31.2 Å². The molecule has 0 aliphatic carbocycles. The van der Waals surface area contributed by atoms with Crippen molar-refractivity contribution in [1.82, 2.24) is 9.97 Å². The minimum absolute atomic E-state index is 0.109. The zero-order valence-corrected chi connectivity index (χ0v) is 13.0. The number of benzene rings is 1. The molecule has 1 amide bonds. The van der Waals surface area contributed by atoms with E-state index in [0.29, 0.717) is 11.4 Å². The van der Waals surface area contributed by atoms with Gasteiger partial charge in [-0.15, -0.1) is 0 Å². The minimum Gasteiger partial charge on any atom is -0.491 e. The average Bonchev–Trinajstić information content (AvgIpc) is 2.46. The van der Waals surface area contributed by atoms with E-state index < -0.39 is 5.91 Å². The molecule has 0 aliphatic heterocycles. The molecular weight excluding hydrogens is 280 g/mol. The van der Waals surface area contributed by atoms with Gasteiger partial charge in [0.15, 0.2) is 0 Å². The standard InChI is InChI=1S/C16H20N4O2/c1-4-9(2)22-12-7-5-11(6-8-12)14-13(15(17)21)10(3)19-16(18)20-14/h5-9H,4H2,1-3H3,(H2,17,21)(H2,18,19,20). The number of ether oxygens (including phenoxy) is 1. The molecule has 0 radical (unpaired) electrons. The largest absolute Gasteiger partial charge is 0.491 e. The van der Waals surface area contributed by atoms with Gasteiger partial charge >= 0.3 is 0 Å². The summed E-state index contributed by atoms with van der Waals surface area (Å²) in [5.74, 6) is 0.294. The monoisotopic (exact) mass is 300 g/mol. The molecule has 22 heavy (non-hydrogen) atoms. The average molecular weight is 300 g/mol. The number of primary amides is 1. The first-order valence-electron chi connectivity index (χ1n) is 7.13. The Hall–Kier alpha value is -2.63. The fraction of sp³-hybridized carbons (Fsp3) is 0.312. The number of nitrogens with zero attached hydrogens (tertiary/aromatic N) is 2. The lowest BCUT2D eigenvalue weighted by molar-refractivity contribution is 0.0999. The number of nitrogen functional groups attached to an aromatic ring is 1. The maximum absolute atomic E-state index is 11.7. The first-order valence-corrected chi connectivity index (χ1v) is 7.13. The Labute approximate surface area is 129 Å². The second kappa shape index (κ2) is 6.43. The summed E-state index contributed by atoms with van der Waals surface area (Å²) in [7, 11) is 0. The Balaban J connectivity index is 2.42. The lowest BCUT2D eigenvalue weighted by Crippen LogP contribution is -2.17. The normalized spacial score (nSPS) is 12.0. The molecule has 6 heteroatoms. The fourth-order valence-electron chi connectivity index (χ4n) is 2.11. The van der Waals surface area contributed by atoms with Gasteiger partial charge in [0.05, 0.1) is 23.1 Å². The van der Waals surface area contributed by atoms with Crippen LogP contribution in [0.4, 0.5) is 5.95 Å². The van der Waals surface area contributed by atoms with Gasteiger partial charge in [0.1, 0.15) is 5.75 Å². The third-order valence-electron chi connectivity index (χ3n) is 3.39. The maximum atomic E-state index is 11.7. The number of hydrogen-bond donors (Lipinski definition) is 2. The molecule has 1 unspecified atom stereocenters. The number of hydrogen-bond acceptors (Lipinski definition) is 5. The highest BCUT2D eigenvalue weighted by molar-refractivity contribution is 6.00. The molecule has 1 atom stereocenters. The molecule has 0 bridgehead atoms. The zero-order valence-electron chi connectivity index (χ0n) is 13.0. The van der Waals surface area contributed by atoms with Gasteiger partial charge in [0.2, 0.25) is 5.95 Å². The van der Waals surface area contributed by atoms with Crippen LogP contribution in [-0.2, 0) is 0 Å². The van der Waals surface area contributed by atoms with E-state index in [0.717, 1.165) is 17.7 Å². The highest BCUT2D eigenvalue weighted by Crippen LogP contribution is 2.26. The molecule has 0 saturated carbocycles. The Morgan fingerprint density at radius 2 is 1.91 bits per heavy atom. The van der Waals surface area contributed by atoms with Crippen LogP contribution in [0.15, 0.2) is 24.3 Å². The number of carbonyl (C=O) groups is 1. The van der Waals surface area contributed by atoms with Crippen LogP contribution >= 0.6 is 0 Å². The van der Waals surface area contributed by atoms with E-state index in [9.17, 15) is 4.79 Å². The van der Waals surface area contributed by atoms with Crippen molar-refractivity contribution in [1.29, 1.82) is 0 Å². The van der Waals surface area contributed by atoms with E-state index in [-0.39, 0.29) is 17.6 Å². The predicted octanol–water partition coefficient (Wildman–Crippen LogP) is 2.31. The molecule has 0 aliphatic rings. The van der Waals surface area contributed by atoms with E-state index in [4.69, 9.17) is 16.2 Å². The van der Waals surface area contributed by atoms with Crippen LogP contribution < -0.4 is 16.2 Å². The smallest absolute Gasteiger partial charge is 0.252 e. The van der Waals surface area contributed by atoms with Crippen molar-refractivity contribution in [3.05, 3.63) is 35.5 Å². The Bertz CT molecular complexity index is 683. The van der Waals surface area contributed by atoms with Gasteiger partial charge in [0.25, 0.3) is 5.91 Å². The molecule has 0 fully saturated rings. The summed E-state index contributed by atoms with van der Waals surface area (Å²) in [6.45, 7) is 5.75. The Kier molecular flexibility index (Phi) is 4.60. The summed E-state index contributed by atoms with van der Waals surface area (Å²) in [5.41, 5.74) is 13.0. The molecule has 2 rings (SSSR count). The lowest BCUT2D eigenvalue weighted by atomic mass is 10.0. The summed E-state index contributed by atoms with van der Waals surface area (Å²) in [4.78, 5) is 19.8. The fourth-order valence-corrected chi connectivity index (χ4v) is 2.11. The van der Waals surface area contributed by atoms with Crippen molar-refractivity contribution in [3.63, 3.8) is 0 Å². The number of anilines is 1. The van der Waals surface area contributed by atoms with Crippen LogP contribution in [0.5, 0.6) is 5.75 Å². The third kappa shape index (κ3) is 3.33. The summed E-state index contributed by atoms with van der Waals surface area (Å²) in [6, 6.07) is 7.32. The van der Waals surface area contributed by atoms with Crippen molar-refractivity contribution in [2.24, 2.45) is 5.73 Å². The van der Waals surface area contributed by atoms with Crippen molar-refractivity contribution in [2.75, 3.05) is 5.73 Å². The molecule has 1 aromatic heterocycles. The van der Waals surface area contributed by atoms with Crippen molar-refractivity contribution >= 4 is 11.9 Å². The van der Waals surface area contributed by atoms with Crippen LogP contribution in [-0.4, -0.2) is 22.0 Å². The summed E-state index contributed by atoms with van der Waals surface area (Å²) < 4.78 is 5.73. The van der Waals surface area contributed by atoms with Crippen molar-refractivity contribution < 1.29 is 9.53 Å². The van der Waals surface area contributed by atoms with Crippen LogP contribution in [0.2, 0.25) is 0 Å². The van der Waals surface area contributed by atoms with E-state index in [1.165, 1.54) is 0 Å². The van der Waals surface area contributed by atoms with Crippen LogP contribution in [0.1, 0.15) is 36.3 Å². The number of rotatable bonds is 5. The number of carbonyl (C=O) groups excluding carboxylic acids is 1. The molecule has 0 spiro atoms. The van der Waals surface area contributed by atoms with Crippen LogP contribution in [0.3, 0.4) is 0 Å². The van der Waals surface area contributed by atoms with E-state index in [2.05, 4.69) is 16.9 Å². The highest BCUT2D eigenvalue weighted by atomic mass is 16.5. The van der Waals surface area contributed by atoms with Crippen molar-refractivity contribution in [2.45, 2.75) is 33.3 Å². The second-order valence-corrected chi connectivity index (χ2v) is 5.12. The molecular formula is C16H20N4O2. The SMILES string of the molecule is CCC(C)Oc1ccc(-c2nc(N)nc(C)c2C(N)=O)cc1. The predicted molar refractivity (Wildman–Crippen MR) is 85.5 cm³/mol. The second-order valence-electron chi connectivity index (χ2n) is 5.12. The Morgan fingerprint density at radius 1 is 1.27 bits per heavy atom. The molecule has 6 nitrogen and oxygen atoms in total. The molecule has 0 saturated heterocycles. The number of amides is 1. The van der Waals surface area contributed by atoms with Crippen molar-refractivity contribution in [3.8, 4) is 17.0 Å². The van der Waals surface area contributed by atoms with Gasteiger partial charge in [0, 0.05) is 5.56 Å². The number of aryl methyl sites for hydroxylation is 1. The minimum atomic E-state index is -0.576. The summed E-state index contributed by atoms with van der Waals surface area (Å²) >= 11 is 0. The third-order valence-corrected chi connectivity index (χ3v) is 3.39. The quantitative estimate of drug-likeness (QED) is 0.881. The summed E-state index contributed by atoms with van der Waals surface area (Å²) in [6.07, 6.45) is 1.07. The van der Waals surface area contributed by atoms with Gasteiger partial charge in [-0.05, 0) is 44.5 Å². The lowest BCUT2D eigenvalue weighted by Gasteiger charge is -2.13. The van der Waals surface area contributed by atoms with Gasteiger partial charge in [-0.2, -0.15) is 0 Å². The van der Waals surface area contributed by atoms with Gasteiger partial charge in [-0.25, -0.2) is 9.97 Å². The van der Waals surface area contributed by atoms with Crippen LogP contribution in [0, 0.1) is 6.92 Å².